The van der Waals surface area contributed by atoms with Gasteiger partial charge in [0.2, 0.25) is 0 Å². The van der Waals surface area contributed by atoms with Crippen LogP contribution in [0.2, 0.25) is 0 Å². The smallest absolute Gasteiger partial charge is 0.262 e. The highest BCUT2D eigenvalue weighted by molar-refractivity contribution is 7.92. The molecule has 0 amide bonds. The SMILES string of the molecule is C=CCNC(=S)Nc1cc(S(=O)(=O)Nc2ccccc2OC)ccc1OC. The predicted octanol–water partition coefficient (Wildman–Crippen LogP) is 2.98. The van der Waals surface area contributed by atoms with Gasteiger partial charge in [0.1, 0.15) is 11.5 Å². The molecule has 7 nitrogen and oxygen atoms in total. The summed E-state index contributed by atoms with van der Waals surface area (Å²) in [7, 11) is -0.892. The lowest BCUT2D eigenvalue weighted by Crippen LogP contribution is -2.28. The fourth-order valence-electron chi connectivity index (χ4n) is 2.22. The molecular weight excluding hydrogens is 386 g/mol. The van der Waals surface area contributed by atoms with Gasteiger partial charge in [-0.15, -0.1) is 6.58 Å². The van der Waals surface area contributed by atoms with Crippen molar-refractivity contribution in [1.82, 2.24) is 5.32 Å². The van der Waals surface area contributed by atoms with E-state index in [9.17, 15) is 8.42 Å². The van der Waals surface area contributed by atoms with E-state index in [2.05, 4.69) is 21.9 Å². The van der Waals surface area contributed by atoms with Crippen LogP contribution in [0.15, 0.2) is 60.0 Å². The molecule has 0 bridgehead atoms. The van der Waals surface area contributed by atoms with Gasteiger partial charge in [-0.05, 0) is 42.5 Å². The van der Waals surface area contributed by atoms with Crippen LogP contribution in [-0.2, 0) is 10.0 Å². The average molecular weight is 408 g/mol. The summed E-state index contributed by atoms with van der Waals surface area (Å²) in [5.41, 5.74) is 0.760. The van der Waals surface area contributed by atoms with Gasteiger partial charge in [-0.25, -0.2) is 8.42 Å². The highest BCUT2D eigenvalue weighted by Crippen LogP contribution is 2.30. The molecule has 0 spiro atoms. The van der Waals surface area contributed by atoms with E-state index in [-0.39, 0.29) is 4.90 Å². The molecular formula is C18H21N3O4S2. The molecule has 0 radical (unpaired) electrons. The normalized spacial score (nSPS) is 10.6. The molecule has 0 aliphatic rings. The molecule has 3 N–H and O–H groups in total. The van der Waals surface area contributed by atoms with Crippen LogP contribution in [0.25, 0.3) is 0 Å². The number of methoxy groups -OCH3 is 2. The molecule has 0 unspecified atom stereocenters. The molecule has 0 aliphatic carbocycles. The number of rotatable bonds is 8. The van der Waals surface area contributed by atoms with Crippen LogP contribution >= 0.6 is 12.2 Å². The van der Waals surface area contributed by atoms with Gasteiger partial charge in [0.15, 0.2) is 5.11 Å². The summed E-state index contributed by atoms with van der Waals surface area (Å²) in [5, 5.41) is 6.16. The first-order valence-electron chi connectivity index (χ1n) is 7.91. The van der Waals surface area contributed by atoms with E-state index in [4.69, 9.17) is 21.7 Å². The second kappa shape index (κ2) is 9.24. The fourth-order valence-corrected chi connectivity index (χ4v) is 3.51. The van der Waals surface area contributed by atoms with Gasteiger partial charge in [-0.3, -0.25) is 4.72 Å². The van der Waals surface area contributed by atoms with E-state index < -0.39 is 10.0 Å². The van der Waals surface area contributed by atoms with Gasteiger partial charge < -0.3 is 20.1 Å². The Labute approximate surface area is 164 Å². The second-order valence-corrected chi connectivity index (χ2v) is 7.38. The first kappa shape index (κ1) is 20.5. The Morgan fingerprint density at radius 3 is 2.44 bits per heavy atom. The molecule has 2 aromatic rings. The van der Waals surface area contributed by atoms with Crippen molar-refractivity contribution in [1.29, 1.82) is 0 Å². The average Bonchev–Trinajstić information content (AvgIpc) is 2.66. The molecule has 27 heavy (non-hydrogen) atoms. The quantitative estimate of drug-likeness (QED) is 0.458. The molecule has 0 atom stereocenters. The Morgan fingerprint density at radius 1 is 1.11 bits per heavy atom. The van der Waals surface area contributed by atoms with Crippen LogP contribution in [0.5, 0.6) is 11.5 Å². The number of ether oxygens (including phenoxy) is 2. The molecule has 2 aromatic carbocycles. The van der Waals surface area contributed by atoms with E-state index in [1.165, 1.54) is 26.4 Å². The first-order valence-corrected chi connectivity index (χ1v) is 9.80. The lowest BCUT2D eigenvalue weighted by Gasteiger charge is -2.15. The zero-order chi connectivity index (χ0) is 19.9. The van der Waals surface area contributed by atoms with Crippen molar-refractivity contribution >= 4 is 38.7 Å². The minimum Gasteiger partial charge on any atom is -0.495 e. The van der Waals surface area contributed by atoms with E-state index in [1.807, 2.05) is 0 Å². The third kappa shape index (κ3) is 5.35. The molecule has 0 aliphatic heterocycles. The van der Waals surface area contributed by atoms with E-state index >= 15 is 0 Å². The summed E-state index contributed by atoms with van der Waals surface area (Å²) in [6.45, 7) is 4.08. The number of para-hydroxylation sites is 2. The highest BCUT2D eigenvalue weighted by atomic mass is 32.2. The molecule has 9 heteroatoms. The van der Waals surface area contributed by atoms with Gasteiger partial charge >= 0.3 is 0 Å². The minimum atomic E-state index is -3.85. The zero-order valence-corrected chi connectivity index (χ0v) is 16.6. The summed E-state index contributed by atoms with van der Waals surface area (Å²) in [6.07, 6.45) is 1.66. The number of anilines is 2. The largest absolute Gasteiger partial charge is 0.495 e. The van der Waals surface area contributed by atoms with Crippen LogP contribution in [0, 0.1) is 0 Å². The molecule has 0 heterocycles. The topological polar surface area (TPSA) is 88.7 Å². The maximum absolute atomic E-state index is 12.8. The van der Waals surface area contributed by atoms with Crippen LogP contribution < -0.4 is 24.8 Å². The lowest BCUT2D eigenvalue weighted by molar-refractivity contribution is 0.416. The van der Waals surface area contributed by atoms with Crippen LogP contribution in [0.4, 0.5) is 11.4 Å². The van der Waals surface area contributed by atoms with Crippen molar-refractivity contribution in [2.75, 3.05) is 30.8 Å². The van der Waals surface area contributed by atoms with Crippen molar-refractivity contribution in [3.8, 4) is 11.5 Å². The molecule has 2 rings (SSSR count). The minimum absolute atomic E-state index is 0.0447. The number of hydrogen-bond acceptors (Lipinski definition) is 5. The van der Waals surface area contributed by atoms with Gasteiger partial charge in [0.05, 0.1) is 30.5 Å². The maximum Gasteiger partial charge on any atom is 0.262 e. The first-order chi connectivity index (χ1) is 12.9. The predicted molar refractivity (Wildman–Crippen MR) is 111 cm³/mol. The molecule has 0 saturated heterocycles. The number of sulfonamides is 1. The van der Waals surface area contributed by atoms with Crippen LogP contribution in [-0.4, -0.2) is 34.3 Å². The van der Waals surface area contributed by atoms with E-state index in [1.54, 1.807) is 36.4 Å². The third-order valence-electron chi connectivity index (χ3n) is 3.49. The molecule has 144 valence electrons. The fraction of sp³-hybridized carbons (Fsp3) is 0.167. The summed E-state index contributed by atoms with van der Waals surface area (Å²) in [6, 6.07) is 11.2. The van der Waals surface area contributed by atoms with Crippen LogP contribution in [0.3, 0.4) is 0 Å². The molecule has 0 aromatic heterocycles. The Balaban J connectivity index is 2.32. The second-order valence-electron chi connectivity index (χ2n) is 5.29. The van der Waals surface area contributed by atoms with Gasteiger partial charge in [-0.1, -0.05) is 18.2 Å². The van der Waals surface area contributed by atoms with Crippen molar-refractivity contribution in [3.63, 3.8) is 0 Å². The lowest BCUT2D eigenvalue weighted by atomic mass is 10.3. The van der Waals surface area contributed by atoms with Crippen molar-refractivity contribution < 1.29 is 17.9 Å². The summed E-state index contributed by atoms with van der Waals surface area (Å²) >= 11 is 5.18. The van der Waals surface area contributed by atoms with Gasteiger partial charge in [0.25, 0.3) is 10.0 Å². The zero-order valence-electron chi connectivity index (χ0n) is 15.0. The standard InChI is InChI=1S/C18H21N3O4S2/c1-4-11-19-18(26)20-15-12-13(9-10-17(15)25-3)27(22,23)21-14-7-5-6-8-16(14)24-2/h4-10,12,21H,1,11H2,2-3H3,(H2,19,20,26). The van der Waals surface area contributed by atoms with Crippen molar-refractivity contribution in [3.05, 3.63) is 55.1 Å². The van der Waals surface area contributed by atoms with Crippen LogP contribution in [0.1, 0.15) is 0 Å². The highest BCUT2D eigenvalue weighted by Gasteiger charge is 2.19. The van der Waals surface area contributed by atoms with Gasteiger partial charge in [-0.2, -0.15) is 0 Å². The Bertz CT molecular complexity index is 930. The number of benzene rings is 2. The Kier molecular flexibility index (Phi) is 7.03. The van der Waals surface area contributed by atoms with Crippen molar-refractivity contribution in [2.24, 2.45) is 0 Å². The van der Waals surface area contributed by atoms with Crippen molar-refractivity contribution in [2.45, 2.75) is 4.90 Å². The van der Waals surface area contributed by atoms with E-state index in [0.717, 1.165) is 0 Å². The molecule has 0 fully saturated rings. The van der Waals surface area contributed by atoms with Gasteiger partial charge in [0, 0.05) is 6.54 Å². The Hall–Kier alpha value is -2.78. The third-order valence-corrected chi connectivity index (χ3v) is 5.10. The molecule has 0 saturated carbocycles. The number of hydrogen-bond donors (Lipinski definition) is 3. The number of nitrogens with one attached hydrogen (secondary N) is 3. The summed E-state index contributed by atoms with van der Waals surface area (Å²) in [4.78, 5) is 0.0447. The Morgan fingerprint density at radius 2 is 1.78 bits per heavy atom. The number of thiocarbonyl (C=S) groups is 1. The maximum atomic E-state index is 12.8. The summed E-state index contributed by atoms with van der Waals surface area (Å²) in [5.74, 6) is 0.872. The van der Waals surface area contributed by atoms with E-state index in [0.29, 0.717) is 34.5 Å². The monoisotopic (exact) mass is 407 g/mol. The summed E-state index contributed by atoms with van der Waals surface area (Å²) < 4.78 is 38.5.